The SMILES string of the molecule is COc1ccc(Nc2ccccc2C(N)=S)cc1. The number of hydrogen-bond acceptors (Lipinski definition) is 3. The van der Waals surface area contributed by atoms with E-state index < -0.39 is 0 Å². The van der Waals surface area contributed by atoms with Crippen LogP contribution in [0.4, 0.5) is 11.4 Å². The normalized spacial score (nSPS) is 9.83. The lowest BCUT2D eigenvalue weighted by Gasteiger charge is -2.11. The highest BCUT2D eigenvalue weighted by Crippen LogP contribution is 2.22. The molecule has 0 fully saturated rings. The molecule has 2 aromatic rings. The molecule has 2 rings (SSSR count). The van der Waals surface area contributed by atoms with Crippen LogP contribution in [0.3, 0.4) is 0 Å². The van der Waals surface area contributed by atoms with Crippen LogP contribution in [-0.4, -0.2) is 12.1 Å². The van der Waals surface area contributed by atoms with Crippen molar-refractivity contribution in [2.75, 3.05) is 12.4 Å². The number of thiocarbonyl (C=S) groups is 1. The predicted molar refractivity (Wildman–Crippen MR) is 78.6 cm³/mol. The van der Waals surface area contributed by atoms with E-state index in [0.717, 1.165) is 22.7 Å². The van der Waals surface area contributed by atoms with Crippen molar-refractivity contribution >= 4 is 28.6 Å². The van der Waals surface area contributed by atoms with E-state index in [1.165, 1.54) is 0 Å². The van der Waals surface area contributed by atoms with Gasteiger partial charge in [0.25, 0.3) is 0 Å². The number of hydrogen-bond donors (Lipinski definition) is 2. The topological polar surface area (TPSA) is 47.3 Å². The highest BCUT2D eigenvalue weighted by molar-refractivity contribution is 7.80. The molecule has 0 aromatic heterocycles. The molecule has 0 atom stereocenters. The zero-order valence-corrected chi connectivity index (χ0v) is 10.8. The van der Waals surface area contributed by atoms with Crippen molar-refractivity contribution < 1.29 is 4.74 Å². The molecule has 0 aliphatic rings. The molecular weight excluding hydrogens is 244 g/mol. The van der Waals surface area contributed by atoms with Crippen LogP contribution in [-0.2, 0) is 0 Å². The van der Waals surface area contributed by atoms with Gasteiger partial charge in [-0.3, -0.25) is 0 Å². The number of methoxy groups -OCH3 is 1. The zero-order valence-electron chi connectivity index (χ0n) is 10.0. The van der Waals surface area contributed by atoms with E-state index >= 15 is 0 Å². The third-order valence-electron chi connectivity index (χ3n) is 2.56. The number of ether oxygens (including phenoxy) is 1. The summed E-state index contributed by atoms with van der Waals surface area (Å²) in [4.78, 5) is 0.381. The van der Waals surface area contributed by atoms with Crippen LogP contribution in [0.1, 0.15) is 5.56 Å². The minimum atomic E-state index is 0.381. The standard InChI is InChI=1S/C14H14N2OS/c1-17-11-8-6-10(7-9-11)16-13-5-3-2-4-12(13)14(15)18/h2-9,16H,1H3,(H2,15,18). The summed E-state index contributed by atoms with van der Waals surface area (Å²) in [5.41, 5.74) is 8.38. The number of benzene rings is 2. The van der Waals surface area contributed by atoms with Crippen LogP contribution in [0.5, 0.6) is 5.75 Å². The van der Waals surface area contributed by atoms with Crippen LogP contribution in [0.25, 0.3) is 0 Å². The first-order valence-electron chi connectivity index (χ1n) is 5.50. The third kappa shape index (κ3) is 2.78. The van der Waals surface area contributed by atoms with E-state index in [-0.39, 0.29) is 0 Å². The number of rotatable bonds is 4. The van der Waals surface area contributed by atoms with Gasteiger partial charge in [0.2, 0.25) is 0 Å². The van der Waals surface area contributed by atoms with Gasteiger partial charge in [-0.1, -0.05) is 24.4 Å². The second kappa shape index (κ2) is 5.51. The quantitative estimate of drug-likeness (QED) is 0.827. The minimum absolute atomic E-state index is 0.381. The highest BCUT2D eigenvalue weighted by Gasteiger charge is 2.04. The summed E-state index contributed by atoms with van der Waals surface area (Å²) >= 11 is 5.02. The van der Waals surface area contributed by atoms with Gasteiger partial charge >= 0.3 is 0 Å². The monoisotopic (exact) mass is 258 g/mol. The molecule has 3 N–H and O–H groups in total. The van der Waals surface area contributed by atoms with Crippen LogP contribution in [0.2, 0.25) is 0 Å². The van der Waals surface area contributed by atoms with Gasteiger partial charge < -0.3 is 15.8 Å². The van der Waals surface area contributed by atoms with Crippen molar-refractivity contribution in [2.24, 2.45) is 5.73 Å². The van der Waals surface area contributed by atoms with Crippen LogP contribution in [0, 0.1) is 0 Å². The summed E-state index contributed by atoms with van der Waals surface area (Å²) in [7, 11) is 1.64. The second-order valence-corrected chi connectivity index (χ2v) is 4.20. The fourth-order valence-corrected chi connectivity index (χ4v) is 1.81. The molecule has 0 aliphatic carbocycles. The van der Waals surface area contributed by atoms with E-state index in [2.05, 4.69) is 5.32 Å². The maximum atomic E-state index is 5.69. The molecule has 2 aromatic carbocycles. The summed E-state index contributed by atoms with van der Waals surface area (Å²) in [6.45, 7) is 0. The van der Waals surface area contributed by atoms with Gasteiger partial charge in [-0.25, -0.2) is 0 Å². The lowest BCUT2D eigenvalue weighted by Crippen LogP contribution is -2.11. The number of para-hydroxylation sites is 1. The van der Waals surface area contributed by atoms with Gasteiger partial charge in [-0.05, 0) is 36.4 Å². The van der Waals surface area contributed by atoms with Crippen molar-refractivity contribution in [1.82, 2.24) is 0 Å². The van der Waals surface area contributed by atoms with Gasteiger partial charge in [0.1, 0.15) is 10.7 Å². The Morgan fingerprint density at radius 2 is 1.78 bits per heavy atom. The molecule has 0 bridgehead atoms. The van der Waals surface area contributed by atoms with Gasteiger partial charge in [-0.2, -0.15) is 0 Å². The maximum absolute atomic E-state index is 5.69. The van der Waals surface area contributed by atoms with E-state index in [9.17, 15) is 0 Å². The summed E-state index contributed by atoms with van der Waals surface area (Å²) in [6, 6.07) is 15.4. The van der Waals surface area contributed by atoms with Gasteiger partial charge in [-0.15, -0.1) is 0 Å². The molecule has 18 heavy (non-hydrogen) atoms. The Labute approximate surface area is 112 Å². The summed E-state index contributed by atoms with van der Waals surface area (Å²) in [6.07, 6.45) is 0. The molecule has 0 saturated heterocycles. The van der Waals surface area contributed by atoms with Crippen molar-refractivity contribution in [1.29, 1.82) is 0 Å². The van der Waals surface area contributed by atoms with Crippen LogP contribution < -0.4 is 15.8 Å². The first kappa shape index (κ1) is 12.4. The molecule has 0 spiro atoms. The second-order valence-electron chi connectivity index (χ2n) is 3.76. The Balaban J connectivity index is 2.25. The molecule has 0 amide bonds. The van der Waals surface area contributed by atoms with Crippen molar-refractivity contribution in [3.8, 4) is 5.75 Å². The van der Waals surface area contributed by atoms with E-state index in [1.54, 1.807) is 7.11 Å². The summed E-state index contributed by atoms with van der Waals surface area (Å²) in [5.74, 6) is 0.822. The fraction of sp³-hybridized carbons (Fsp3) is 0.0714. The predicted octanol–water partition coefficient (Wildman–Crippen LogP) is 3.07. The lowest BCUT2D eigenvalue weighted by molar-refractivity contribution is 0.415. The Hall–Kier alpha value is -2.07. The Morgan fingerprint density at radius 1 is 1.11 bits per heavy atom. The van der Waals surface area contributed by atoms with E-state index in [1.807, 2.05) is 48.5 Å². The third-order valence-corrected chi connectivity index (χ3v) is 2.78. The minimum Gasteiger partial charge on any atom is -0.497 e. The highest BCUT2D eigenvalue weighted by atomic mass is 32.1. The molecule has 0 saturated carbocycles. The summed E-state index contributed by atoms with van der Waals surface area (Å²) in [5, 5.41) is 3.28. The van der Waals surface area contributed by atoms with Crippen molar-refractivity contribution in [2.45, 2.75) is 0 Å². The number of anilines is 2. The number of nitrogens with two attached hydrogens (primary N) is 1. The van der Waals surface area contributed by atoms with Crippen molar-refractivity contribution in [3.63, 3.8) is 0 Å². The number of nitrogens with one attached hydrogen (secondary N) is 1. The van der Waals surface area contributed by atoms with E-state index in [4.69, 9.17) is 22.7 Å². The molecule has 0 unspecified atom stereocenters. The smallest absolute Gasteiger partial charge is 0.119 e. The Kier molecular flexibility index (Phi) is 3.79. The zero-order chi connectivity index (χ0) is 13.0. The molecule has 0 heterocycles. The van der Waals surface area contributed by atoms with Gasteiger partial charge in [0.15, 0.2) is 0 Å². The van der Waals surface area contributed by atoms with Crippen LogP contribution in [0.15, 0.2) is 48.5 Å². The molecular formula is C14H14N2OS. The van der Waals surface area contributed by atoms with Gasteiger partial charge in [0, 0.05) is 16.9 Å². The lowest BCUT2D eigenvalue weighted by atomic mass is 10.1. The first-order valence-corrected chi connectivity index (χ1v) is 5.91. The Bertz CT molecular complexity index is 552. The molecule has 0 radical (unpaired) electrons. The molecule has 92 valence electrons. The molecule has 3 nitrogen and oxygen atoms in total. The molecule has 4 heteroatoms. The first-order chi connectivity index (χ1) is 8.70. The summed E-state index contributed by atoms with van der Waals surface area (Å²) < 4.78 is 5.11. The van der Waals surface area contributed by atoms with E-state index in [0.29, 0.717) is 4.99 Å². The van der Waals surface area contributed by atoms with Crippen molar-refractivity contribution in [3.05, 3.63) is 54.1 Å². The average Bonchev–Trinajstić information content (AvgIpc) is 2.40. The van der Waals surface area contributed by atoms with Gasteiger partial charge in [0.05, 0.1) is 7.11 Å². The molecule has 0 aliphatic heterocycles. The van der Waals surface area contributed by atoms with Crippen LogP contribution >= 0.6 is 12.2 Å². The fourth-order valence-electron chi connectivity index (χ4n) is 1.64. The maximum Gasteiger partial charge on any atom is 0.119 e. The largest absolute Gasteiger partial charge is 0.497 e. The Morgan fingerprint density at radius 3 is 2.39 bits per heavy atom. The average molecular weight is 258 g/mol.